The first-order valence-corrected chi connectivity index (χ1v) is 7.17. The summed E-state index contributed by atoms with van der Waals surface area (Å²) < 4.78 is 2.30. The molecule has 0 spiro atoms. The highest BCUT2D eigenvalue weighted by Crippen LogP contribution is 2.15. The third-order valence-corrected chi connectivity index (χ3v) is 3.96. The van der Waals surface area contributed by atoms with Crippen molar-refractivity contribution in [2.75, 3.05) is 0 Å². The Labute approximate surface area is 123 Å². The van der Waals surface area contributed by atoms with Crippen LogP contribution in [0.5, 0.6) is 0 Å². The quantitative estimate of drug-likeness (QED) is 0.725. The van der Waals surface area contributed by atoms with E-state index in [1.165, 1.54) is 21.9 Å². The van der Waals surface area contributed by atoms with E-state index in [4.69, 9.17) is 5.73 Å². The van der Waals surface area contributed by atoms with Crippen molar-refractivity contribution < 1.29 is 0 Å². The Morgan fingerprint density at radius 3 is 2.52 bits per heavy atom. The molecule has 3 aromatic rings. The van der Waals surface area contributed by atoms with Crippen LogP contribution in [0.4, 0.5) is 0 Å². The fourth-order valence-corrected chi connectivity index (χ4v) is 3.07. The van der Waals surface area contributed by atoms with Gasteiger partial charge in [0.1, 0.15) is 0 Å². The van der Waals surface area contributed by atoms with Gasteiger partial charge in [-0.1, -0.05) is 48.6 Å². The van der Waals surface area contributed by atoms with E-state index >= 15 is 0 Å². The highest BCUT2D eigenvalue weighted by molar-refractivity contribution is 5.86. The lowest BCUT2D eigenvalue weighted by molar-refractivity contribution is 1.06. The predicted octanol–water partition coefficient (Wildman–Crippen LogP) is 2.44. The highest BCUT2D eigenvalue weighted by Gasteiger charge is 2.11. The van der Waals surface area contributed by atoms with Crippen LogP contribution in [0.2, 0.25) is 0 Å². The summed E-state index contributed by atoms with van der Waals surface area (Å²) in [6.45, 7) is 0. The summed E-state index contributed by atoms with van der Waals surface area (Å²) in [6, 6.07) is 18.9. The van der Waals surface area contributed by atoms with Crippen LogP contribution in [0.1, 0.15) is 6.42 Å². The number of fused-ring (bicyclic) bond motifs is 3. The number of nitrogens with two attached hydrogens (primary N) is 1. The fraction of sp³-hybridized carbons (Fsp3) is 0.0526. The first kappa shape index (κ1) is 12.0. The molecule has 1 aromatic heterocycles. The molecule has 2 nitrogen and oxygen atoms in total. The van der Waals surface area contributed by atoms with E-state index in [9.17, 15) is 0 Å². The number of aromatic nitrogens is 1. The third kappa shape index (κ3) is 1.80. The normalized spacial score (nSPS) is 13.8. The van der Waals surface area contributed by atoms with E-state index in [0.29, 0.717) is 0 Å². The molecule has 0 radical (unpaired) electrons. The summed E-state index contributed by atoms with van der Waals surface area (Å²) in [7, 11) is 0. The highest BCUT2D eigenvalue weighted by atomic mass is 15.0. The Bertz CT molecular complexity index is 960. The Kier molecular flexibility index (Phi) is 2.68. The summed E-state index contributed by atoms with van der Waals surface area (Å²) in [6.07, 6.45) is 7.28. The Morgan fingerprint density at radius 1 is 0.905 bits per heavy atom. The minimum absolute atomic E-state index is 0.838. The number of benzene rings is 2. The molecule has 1 heterocycles. The van der Waals surface area contributed by atoms with Gasteiger partial charge < -0.3 is 10.3 Å². The standard InChI is InChI=1S/C19H16N2/c20-16-11-5-7-13-18-19(16)15-10-4-6-12-17(15)21(18)14-8-2-1-3-9-14/h1-6,8-13H,7,20H2. The Morgan fingerprint density at radius 2 is 1.67 bits per heavy atom. The van der Waals surface area contributed by atoms with Crippen LogP contribution in [-0.4, -0.2) is 4.57 Å². The van der Waals surface area contributed by atoms with Crippen LogP contribution in [0.25, 0.3) is 28.4 Å². The van der Waals surface area contributed by atoms with Crippen molar-refractivity contribution in [3.8, 4) is 5.69 Å². The molecule has 0 atom stereocenters. The monoisotopic (exact) mass is 272 g/mol. The Hall–Kier alpha value is -2.74. The number of hydrogen-bond acceptors (Lipinski definition) is 1. The number of rotatable bonds is 1. The molecule has 0 saturated carbocycles. The van der Waals surface area contributed by atoms with Gasteiger partial charge in [-0.2, -0.15) is 0 Å². The zero-order valence-corrected chi connectivity index (χ0v) is 11.7. The average molecular weight is 272 g/mol. The van der Waals surface area contributed by atoms with Crippen molar-refractivity contribution in [2.24, 2.45) is 5.73 Å². The van der Waals surface area contributed by atoms with Gasteiger partial charge in [0, 0.05) is 22.0 Å². The molecule has 0 unspecified atom stereocenters. The second-order valence-electron chi connectivity index (χ2n) is 5.25. The second kappa shape index (κ2) is 4.67. The summed E-state index contributed by atoms with van der Waals surface area (Å²) in [5, 5.41) is 3.53. The van der Waals surface area contributed by atoms with Gasteiger partial charge in [0.15, 0.2) is 0 Å². The molecular weight excluding hydrogens is 256 g/mol. The van der Waals surface area contributed by atoms with Crippen molar-refractivity contribution in [3.05, 3.63) is 77.3 Å². The van der Waals surface area contributed by atoms with E-state index in [1.54, 1.807) is 0 Å². The zero-order chi connectivity index (χ0) is 14.2. The summed E-state index contributed by atoms with van der Waals surface area (Å²) in [5.41, 5.74) is 9.50. The zero-order valence-electron chi connectivity index (χ0n) is 11.7. The molecule has 1 aliphatic carbocycles. The van der Waals surface area contributed by atoms with E-state index in [2.05, 4.69) is 65.3 Å². The van der Waals surface area contributed by atoms with Crippen molar-refractivity contribution in [1.82, 2.24) is 4.57 Å². The maximum Gasteiger partial charge on any atom is 0.0541 e. The smallest absolute Gasteiger partial charge is 0.0541 e. The third-order valence-electron chi connectivity index (χ3n) is 3.96. The van der Waals surface area contributed by atoms with E-state index in [1.807, 2.05) is 12.1 Å². The number of allylic oxidation sites excluding steroid dienone is 1. The number of hydrogen-bond donors (Lipinski definition) is 1. The molecule has 0 amide bonds. The maximum absolute atomic E-state index is 6.30. The van der Waals surface area contributed by atoms with Crippen LogP contribution in [-0.2, 0) is 0 Å². The van der Waals surface area contributed by atoms with Crippen LogP contribution in [0.15, 0.2) is 66.7 Å². The van der Waals surface area contributed by atoms with Crippen LogP contribution in [0, 0.1) is 0 Å². The first-order chi connectivity index (χ1) is 10.4. The molecule has 102 valence electrons. The lowest BCUT2D eigenvalue weighted by Gasteiger charge is -2.06. The van der Waals surface area contributed by atoms with Crippen LogP contribution >= 0.6 is 0 Å². The number of nitrogens with zero attached hydrogens (tertiary/aromatic N) is 1. The van der Waals surface area contributed by atoms with Crippen molar-refractivity contribution >= 4 is 22.7 Å². The molecule has 21 heavy (non-hydrogen) atoms. The first-order valence-electron chi connectivity index (χ1n) is 7.17. The molecule has 0 aliphatic heterocycles. The van der Waals surface area contributed by atoms with Gasteiger partial charge in [0.05, 0.1) is 10.9 Å². The molecule has 2 N–H and O–H groups in total. The molecule has 0 saturated heterocycles. The minimum Gasteiger partial charge on any atom is -0.398 e. The minimum atomic E-state index is 0.838. The molecule has 0 bridgehead atoms. The van der Waals surface area contributed by atoms with Crippen LogP contribution < -0.4 is 16.3 Å². The Balaban J connectivity index is 2.28. The molecule has 2 aromatic carbocycles. The largest absolute Gasteiger partial charge is 0.398 e. The van der Waals surface area contributed by atoms with Gasteiger partial charge in [-0.05, 0) is 30.7 Å². The van der Waals surface area contributed by atoms with Gasteiger partial charge in [0.2, 0.25) is 0 Å². The van der Waals surface area contributed by atoms with E-state index in [0.717, 1.165) is 17.3 Å². The fourth-order valence-electron chi connectivity index (χ4n) is 3.07. The summed E-state index contributed by atoms with van der Waals surface area (Å²) >= 11 is 0. The van der Waals surface area contributed by atoms with Gasteiger partial charge >= 0.3 is 0 Å². The van der Waals surface area contributed by atoms with Crippen LogP contribution in [0.3, 0.4) is 0 Å². The molecule has 1 aliphatic rings. The molecule has 0 fully saturated rings. The number of para-hydroxylation sites is 2. The van der Waals surface area contributed by atoms with Gasteiger partial charge in [-0.25, -0.2) is 0 Å². The summed E-state index contributed by atoms with van der Waals surface area (Å²) in [4.78, 5) is 0. The van der Waals surface area contributed by atoms with Crippen molar-refractivity contribution in [3.63, 3.8) is 0 Å². The lowest BCUT2D eigenvalue weighted by atomic mass is 10.2. The molecular formula is C19H16N2. The second-order valence-corrected chi connectivity index (χ2v) is 5.25. The predicted molar refractivity (Wildman–Crippen MR) is 88.3 cm³/mol. The lowest BCUT2D eigenvalue weighted by Crippen LogP contribution is -2.31. The van der Waals surface area contributed by atoms with E-state index < -0.39 is 0 Å². The van der Waals surface area contributed by atoms with Crippen molar-refractivity contribution in [2.45, 2.75) is 6.42 Å². The topological polar surface area (TPSA) is 30.9 Å². The van der Waals surface area contributed by atoms with Gasteiger partial charge in [-0.3, -0.25) is 0 Å². The van der Waals surface area contributed by atoms with Gasteiger partial charge in [-0.15, -0.1) is 0 Å². The summed E-state index contributed by atoms with van der Waals surface area (Å²) in [5.74, 6) is 0. The molecule has 4 rings (SSSR count). The van der Waals surface area contributed by atoms with E-state index in [-0.39, 0.29) is 0 Å². The molecule has 2 heteroatoms. The average Bonchev–Trinajstić information content (AvgIpc) is 2.74. The van der Waals surface area contributed by atoms with Crippen molar-refractivity contribution in [1.29, 1.82) is 0 Å². The SMILES string of the molecule is NC1=c2c(n(-c3ccccc3)c3ccccc23)=CCC=C1. The van der Waals surface area contributed by atoms with Gasteiger partial charge in [0.25, 0.3) is 0 Å². The maximum atomic E-state index is 6.30.